The number of hydrogen-bond donors (Lipinski definition) is 1. The van der Waals surface area contributed by atoms with Crippen LogP contribution >= 0.6 is 0 Å². The molecule has 1 amide bonds. The molecule has 1 aliphatic rings. The van der Waals surface area contributed by atoms with Crippen LogP contribution in [0.4, 0.5) is 5.95 Å². The molecular formula is C15H21N7O. The van der Waals surface area contributed by atoms with Gasteiger partial charge in [0.05, 0.1) is 17.8 Å². The van der Waals surface area contributed by atoms with Crippen molar-refractivity contribution in [1.29, 1.82) is 0 Å². The van der Waals surface area contributed by atoms with Gasteiger partial charge in [-0.05, 0) is 6.42 Å². The first-order valence-corrected chi connectivity index (χ1v) is 7.57. The van der Waals surface area contributed by atoms with Crippen LogP contribution < -0.4 is 10.6 Å². The number of amides is 1. The number of hydrogen-bond acceptors (Lipinski definition) is 6. The fraction of sp³-hybridized carbons (Fsp3) is 0.467. The molecule has 0 spiro atoms. The zero-order chi connectivity index (χ0) is 16.4. The topological polar surface area (TPSA) is 93.2 Å². The van der Waals surface area contributed by atoms with Gasteiger partial charge in [-0.1, -0.05) is 0 Å². The van der Waals surface area contributed by atoms with Crippen molar-refractivity contribution < 1.29 is 4.79 Å². The lowest BCUT2D eigenvalue weighted by Gasteiger charge is -2.16. The predicted octanol–water partition coefficient (Wildman–Crippen LogP) is 0.285. The van der Waals surface area contributed by atoms with Crippen LogP contribution in [0.3, 0.4) is 0 Å². The quantitative estimate of drug-likeness (QED) is 0.852. The lowest BCUT2D eigenvalue weighted by atomic mass is 10.2. The van der Waals surface area contributed by atoms with Crippen LogP contribution in [0.15, 0.2) is 24.8 Å². The Balaban J connectivity index is 1.59. The molecule has 0 aliphatic carbocycles. The van der Waals surface area contributed by atoms with Gasteiger partial charge in [0, 0.05) is 57.9 Å². The van der Waals surface area contributed by atoms with Crippen molar-refractivity contribution in [2.75, 3.05) is 32.1 Å². The van der Waals surface area contributed by atoms with Crippen molar-refractivity contribution in [3.8, 4) is 0 Å². The summed E-state index contributed by atoms with van der Waals surface area (Å²) in [4.78, 5) is 24.0. The molecule has 1 atom stereocenters. The lowest BCUT2D eigenvalue weighted by Crippen LogP contribution is -2.22. The van der Waals surface area contributed by atoms with Gasteiger partial charge in [-0.3, -0.25) is 14.4 Å². The van der Waals surface area contributed by atoms with Gasteiger partial charge in [0.1, 0.15) is 0 Å². The highest BCUT2D eigenvalue weighted by molar-refractivity contribution is 5.92. The van der Waals surface area contributed by atoms with Crippen LogP contribution in [0.5, 0.6) is 0 Å². The molecule has 3 rings (SSSR count). The van der Waals surface area contributed by atoms with Crippen molar-refractivity contribution in [2.45, 2.75) is 19.0 Å². The summed E-state index contributed by atoms with van der Waals surface area (Å²) in [6, 6.07) is 0.269. The second kappa shape index (κ2) is 6.33. The Bertz CT molecular complexity index is 679. The molecule has 0 radical (unpaired) electrons. The Hall–Kier alpha value is -2.48. The Morgan fingerprint density at radius 1 is 1.35 bits per heavy atom. The maximum absolute atomic E-state index is 11.2. The average molecular weight is 315 g/mol. The summed E-state index contributed by atoms with van der Waals surface area (Å²) in [5.41, 5.74) is 6.82. The molecule has 0 saturated carbocycles. The van der Waals surface area contributed by atoms with E-state index in [-0.39, 0.29) is 6.04 Å². The van der Waals surface area contributed by atoms with Crippen molar-refractivity contribution >= 4 is 11.9 Å². The summed E-state index contributed by atoms with van der Waals surface area (Å²) in [5, 5.41) is 4.25. The van der Waals surface area contributed by atoms with E-state index in [9.17, 15) is 4.79 Å². The zero-order valence-electron chi connectivity index (χ0n) is 13.4. The Morgan fingerprint density at radius 2 is 2.09 bits per heavy atom. The van der Waals surface area contributed by atoms with E-state index in [2.05, 4.69) is 20.0 Å². The molecule has 3 heterocycles. The third-order valence-electron chi connectivity index (χ3n) is 4.01. The van der Waals surface area contributed by atoms with Gasteiger partial charge in [-0.25, -0.2) is 9.97 Å². The zero-order valence-corrected chi connectivity index (χ0v) is 13.4. The van der Waals surface area contributed by atoms with Crippen molar-refractivity contribution in [2.24, 2.45) is 5.73 Å². The van der Waals surface area contributed by atoms with E-state index in [1.54, 1.807) is 6.20 Å². The molecule has 1 unspecified atom stereocenters. The van der Waals surface area contributed by atoms with Crippen LogP contribution in [-0.4, -0.2) is 57.7 Å². The molecule has 0 bridgehead atoms. The van der Waals surface area contributed by atoms with Crippen LogP contribution in [0.2, 0.25) is 0 Å². The lowest BCUT2D eigenvalue weighted by molar-refractivity contribution is 0.1000. The fourth-order valence-corrected chi connectivity index (χ4v) is 2.76. The number of likely N-dealkylation sites (tertiary alicyclic amines) is 1. The summed E-state index contributed by atoms with van der Waals surface area (Å²) in [7, 11) is 3.84. The van der Waals surface area contributed by atoms with Gasteiger partial charge in [0.15, 0.2) is 0 Å². The maximum Gasteiger partial charge on any atom is 0.251 e. The normalized spacial score (nSPS) is 18.3. The predicted molar refractivity (Wildman–Crippen MR) is 86.0 cm³/mol. The van der Waals surface area contributed by atoms with Gasteiger partial charge in [-0.15, -0.1) is 0 Å². The molecule has 8 heteroatoms. The minimum absolute atomic E-state index is 0.269. The largest absolute Gasteiger partial charge is 0.366 e. The molecule has 8 nitrogen and oxygen atoms in total. The summed E-state index contributed by atoms with van der Waals surface area (Å²) in [5.74, 6) is 0.271. The molecular weight excluding hydrogens is 294 g/mol. The molecule has 2 aromatic rings. The third-order valence-corrected chi connectivity index (χ3v) is 4.01. The van der Waals surface area contributed by atoms with E-state index in [0.717, 1.165) is 31.6 Å². The van der Waals surface area contributed by atoms with Crippen LogP contribution in [0, 0.1) is 0 Å². The minimum atomic E-state index is -0.441. The van der Waals surface area contributed by atoms with E-state index in [4.69, 9.17) is 5.73 Å². The van der Waals surface area contributed by atoms with Gasteiger partial charge >= 0.3 is 0 Å². The first-order chi connectivity index (χ1) is 11.0. The minimum Gasteiger partial charge on any atom is -0.366 e. The smallest absolute Gasteiger partial charge is 0.251 e. The monoisotopic (exact) mass is 315 g/mol. The van der Waals surface area contributed by atoms with Gasteiger partial charge in [0.2, 0.25) is 5.95 Å². The number of nitrogens with zero attached hydrogens (tertiary/aromatic N) is 6. The van der Waals surface area contributed by atoms with Crippen LogP contribution in [0.25, 0.3) is 0 Å². The molecule has 1 fully saturated rings. The van der Waals surface area contributed by atoms with Crippen LogP contribution in [-0.2, 0) is 6.54 Å². The van der Waals surface area contributed by atoms with Gasteiger partial charge < -0.3 is 10.6 Å². The first kappa shape index (κ1) is 15.4. The number of anilines is 1. The van der Waals surface area contributed by atoms with E-state index in [1.807, 2.05) is 36.1 Å². The number of rotatable bonds is 5. The van der Waals surface area contributed by atoms with Gasteiger partial charge in [-0.2, -0.15) is 5.10 Å². The highest BCUT2D eigenvalue weighted by Gasteiger charge is 2.25. The van der Waals surface area contributed by atoms with E-state index in [1.165, 1.54) is 6.20 Å². The number of aromatic nitrogens is 4. The van der Waals surface area contributed by atoms with Gasteiger partial charge in [0.25, 0.3) is 5.91 Å². The third kappa shape index (κ3) is 3.48. The summed E-state index contributed by atoms with van der Waals surface area (Å²) in [6.45, 7) is 2.68. The van der Waals surface area contributed by atoms with Crippen molar-refractivity contribution in [3.63, 3.8) is 0 Å². The number of carbonyl (C=O) groups is 1. The SMILES string of the molecule is CN(C)c1ncc(CN2CCC(n3cc(C(N)=O)cn3)C2)cn1. The second-order valence-corrected chi connectivity index (χ2v) is 6.04. The number of carbonyl (C=O) groups excluding carboxylic acids is 1. The first-order valence-electron chi connectivity index (χ1n) is 7.57. The number of nitrogens with two attached hydrogens (primary N) is 1. The van der Waals surface area contributed by atoms with E-state index >= 15 is 0 Å². The molecule has 1 saturated heterocycles. The molecule has 0 aromatic carbocycles. The highest BCUT2D eigenvalue weighted by atomic mass is 16.1. The number of primary amides is 1. The maximum atomic E-state index is 11.2. The Morgan fingerprint density at radius 3 is 2.70 bits per heavy atom. The fourth-order valence-electron chi connectivity index (χ4n) is 2.76. The average Bonchev–Trinajstić information content (AvgIpc) is 3.16. The molecule has 2 N–H and O–H groups in total. The van der Waals surface area contributed by atoms with Crippen LogP contribution in [0.1, 0.15) is 28.4 Å². The van der Waals surface area contributed by atoms with Crippen molar-refractivity contribution in [1.82, 2.24) is 24.6 Å². The second-order valence-electron chi connectivity index (χ2n) is 6.04. The summed E-state index contributed by atoms with van der Waals surface area (Å²) in [6.07, 6.45) is 7.99. The standard InChI is InChI=1S/C15H21N7O/c1-20(2)15-17-5-11(6-18-15)8-21-4-3-13(10-21)22-9-12(7-19-22)14(16)23/h5-7,9,13H,3-4,8,10H2,1-2H3,(H2,16,23). The summed E-state index contributed by atoms with van der Waals surface area (Å²) >= 11 is 0. The van der Waals surface area contributed by atoms with E-state index in [0.29, 0.717) is 11.5 Å². The molecule has 2 aromatic heterocycles. The van der Waals surface area contributed by atoms with Crippen molar-refractivity contribution in [3.05, 3.63) is 35.9 Å². The molecule has 23 heavy (non-hydrogen) atoms. The van der Waals surface area contributed by atoms with E-state index < -0.39 is 5.91 Å². The highest BCUT2D eigenvalue weighted by Crippen LogP contribution is 2.22. The molecule has 1 aliphatic heterocycles. The Labute approximate surface area is 134 Å². The Kier molecular flexibility index (Phi) is 4.24. The molecule has 122 valence electrons. The summed E-state index contributed by atoms with van der Waals surface area (Å²) < 4.78 is 1.84.